The Balaban J connectivity index is 1.22. The monoisotopic (exact) mass is 633 g/mol. The number of anilines is 2. The van der Waals surface area contributed by atoms with Gasteiger partial charge in [-0.3, -0.25) is 14.4 Å². The van der Waals surface area contributed by atoms with Crippen LogP contribution in [-0.2, 0) is 9.59 Å². The van der Waals surface area contributed by atoms with Gasteiger partial charge in [0, 0.05) is 26.7 Å². The first-order chi connectivity index (χ1) is 22.0. The van der Waals surface area contributed by atoms with Crippen LogP contribution in [0, 0.1) is 0 Å². The van der Waals surface area contributed by atoms with Crippen LogP contribution in [0.2, 0.25) is 0 Å². The van der Waals surface area contributed by atoms with Gasteiger partial charge in [-0.05, 0) is 90.7 Å². The van der Waals surface area contributed by atoms with Gasteiger partial charge >= 0.3 is 0 Å². The summed E-state index contributed by atoms with van der Waals surface area (Å²) in [7, 11) is 0. The average molecular weight is 634 g/mol. The third-order valence-corrected chi connectivity index (χ3v) is 8.67. The lowest BCUT2D eigenvalue weighted by Gasteiger charge is -2.16. The van der Waals surface area contributed by atoms with Gasteiger partial charge < -0.3 is 20.7 Å². The molecule has 0 spiro atoms. The molecular formula is C36H31N3O4S2. The smallest absolute Gasteiger partial charge is 0.272 e. The van der Waals surface area contributed by atoms with E-state index in [1.165, 1.54) is 23.1 Å². The van der Waals surface area contributed by atoms with E-state index in [0.717, 1.165) is 15.5 Å². The molecule has 3 amide bonds. The Morgan fingerprint density at radius 3 is 2.18 bits per heavy atom. The predicted molar refractivity (Wildman–Crippen MR) is 183 cm³/mol. The molecule has 45 heavy (non-hydrogen) atoms. The van der Waals surface area contributed by atoms with Crippen LogP contribution in [0.15, 0.2) is 137 Å². The van der Waals surface area contributed by atoms with Crippen LogP contribution >= 0.6 is 23.1 Å². The Morgan fingerprint density at radius 1 is 0.778 bits per heavy atom. The van der Waals surface area contributed by atoms with Gasteiger partial charge in [0.25, 0.3) is 11.8 Å². The second-order valence-corrected chi connectivity index (χ2v) is 12.1. The SMILES string of the molecule is CCC(Sc1cccc(NC(=O)/C(=C/c2cccs2)NC(=O)c2ccccc2)c1)C(=O)Nc1ccc(Oc2ccccc2)cc1. The van der Waals surface area contributed by atoms with Crippen LogP contribution in [0.1, 0.15) is 28.6 Å². The molecule has 5 rings (SSSR count). The average Bonchev–Trinajstić information content (AvgIpc) is 3.58. The van der Waals surface area contributed by atoms with E-state index in [9.17, 15) is 14.4 Å². The number of para-hydroxylation sites is 1. The first-order valence-corrected chi connectivity index (χ1v) is 16.1. The number of hydrogen-bond acceptors (Lipinski definition) is 6. The molecule has 0 bridgehead atoms. The van der Waals surface area contributed by atoms with Gasteiger partial charge in [-0.25, -0.2) is 0 Å². The largest absolute Gasteiger partial charge is 0.457 e. The molecule has 1 atom stereocenters. The molecule has 3 N–H and O–H groups in total. The molecule has 5 aromatic rings. The molecule has 7 nitrogen and oxygen atoms in total. The number of rotatable bonds is 12. The van der Waals surface area contributed by atoms with Crippen molar-refractivity contribution in [3.63, 3.8) is 0 Å². The molecule has 0 aliphatic heterocycles. The van der Waals surface area contributed by atoms with Gasteiger partial charge in [-0.2, -0.15) is 0 Å². The standard InChI is InChI=1S/C36H31N3O4S2/c1-2-33(36(42)37-26-18-20-29(21-19-26)43-28-14-7-4-8-15-28)45-31-16-9-13-27(23-31)38-35(41)32(24-30-17-10-22-44-30)39-34(40)25-11-5-3-6-12-25/h3-24,33H,2H2,1H3,(H,37,42)(H,38,41)(H,39,40)/b32-24-. The molecule has 1 unspecified atom stereocenters. The Hall–Kier alpha value is -5.12. The number of nitrogens with one attached hydrogen (secondary N) is 3. The highest BCUT2D eigenvalue weighted by Crippen LogP contribution is 2.29. The van der Waals surface area contributed by atoms with Crippen molar-refractivity contribution < 1.29 is 19.1 Å². The number of carbonyl (C=O) groups excluding carboxylic acids is 3. The van der Waals surface area contributed by atoms with Crippen LogP contribution in [0.4, 0.5) is 11.4 Å². The van der Waals surface area contributed by atoms with Crippen molar-refractivity contribution >= 4 is 58.3 Å². The molecule has 0 aliphatic rings. The maximum Gasteiger partial charge on any atom is 0.272 e. The van der Waals surface area contributed by atoms with E-state index in [1.807, 2.05) is 103 Å². The lowest BCUT2D eigenvalue weighted by atomic mass is 10.2. The molecule has 9 heteroatoms. The van der Waals surface area contributed by atoms with Gasteiger partial charge in [-0.15, -0.1) is 23.1 Å². The van der Waals surface area contributed by atoms with Crippen LogP contribution in [0.5, 0.6) is 11.5 Å². The lowest BCUT2D eigenvalue weighted by Crippen LogP contribution is -2.30. The molecule has 1 aromatic heterocycles. The molecule has 1 heterocycles. The Morgan fingerprint density at radius 2 is 1.49 bits per heavy atom. The summed E-state index contributed by atoms with van der Waals surface area (Å²) in [4.78, 5) is 41.0. The van der Waals surface area contributed by atoms with E-state index in [2.05, 4.69) is 16.0 Å². The van der Waals surface area contributed by atoms with Crippen LogP contribution in [0.3, 0.4) is 0 Å². The van der Waals surface area contributed by atoms with Gasteiger partial charge in [0.15, 0.2) is 0 Å². The molecule has 0 radical (unpaired) electrons. The zero-order chi connectivity index (χ0) is 31.4. The van der Waals surface area contributed by atoms with Crippen molar-refractivity contribution in [3.8, 4) is 11.5 Å². The maximum absolute atomic E-state index is 13.4. The van der Waals surface area contributed by atoms with Crippen molar-refractivity contribution in [3.05, 3.63) is 143 Å². The number of carbonyl (C=O) groups is 3. The molecule has 0 saturated carbocycles. The fourth-order valence-electron chi connectivity index (χ4n) is 4.24. The highest BCUT2D eigenvalue weighted by atomic mass is 32.2. The first kappa shape index (κ1) is 31.3. The third-order valence-electron chi connectivity index (χ3n) is 6.49. The summed E-state index contributed by atoms with van der Waals surface area (Å²) in [6.07, 6.45) is 2.25. The van der Waals surface area contributed by atoms with Gasteiger partial charge in [0.1, 0.15) is 17.2 Å². The van der Waals surface area contributed by atoms with E-state index < -0.39 is 5.91 Å². The van der Waals surface area contributed by atoms with E-state index >= 15 is 0 Å². The first-order valence-electron chi connectivity index (χ1n) is 14.3. The van der Waals surface area contributed by atoms with Gasteiger partial charge in [0.2, 0.25) is 5.91 Å². The minimum Gasteiger partial charge on any atom is -0.457 e. The number of ether oxygens (including phenoxy) is 1. The van der Waals surface area contributed by atoms with E-state index in [-0.39, 0.29) is 22.8 Å². The highest BCUT2D eigenvalue weighted by Gasteiger charge is 2.19. The second kappa shape index (κ2) is 15.6. The van der Waals surface area contributed by atoms with Gasteiger partial charge in [-0.1, -0.05) is 55.5 Å². The van der Waals surface area contributed by atoms with E-state index in [0.29, 0.717) is 29.1 Å². The summed E-state index contributed by atoms with van der Waals surface area (Å²) in [6.45, 7) is 1.96. The zero-order valence-electron chi connectivity index (χ0n) is 24.4. The fourth-order valence-corrected chi connectivity index (χ4v) is 5.91. The van der Waals surface area contributed by atoms with E-state index in [4.69, 9.17) is 4.74 Å². The number of thiophene rings is 1. The molecule has 4 aromatic carbocycles. The third kappa shape index (κ3) is 9.18. The predicted octanol–water partition coefficient (Wildman–Crippen LogP) is 8.46. The van der Waals surface area contributed by atoms with Crippen molar-refractivity contribution in [2.45, 2.75) is 23.5 Å². The van der Waals surface area contributed by atoms with Crippen molar-refractivity contribution in [2.24, 2.45) is 0 Å². The summed E-state index contributed by atoms with van der Waals surface area (Å²) in [6, 6.07) is 36.5. The lowest BCUT2D eigenvalue weighted by molar-refractivity contribution is -0.116. The quantitative estimate of drug-likeness (QED) is 0.0946. The Bertz CT molecular complexity index is 1760. The van der Waals surface area contributed by atoms with Crippen LogP contribution in [-0.4, -0.2) is 23.0 Å². The molecule has 0 aliphatic carbocycles. The zero-order valence-corrected chi connectivity index (χ0v) is 26.1. The second-order valence-electron chi connectivity index (χ2n) is 9.82. The summed E-state index contributed by atoms with van der Waals surface area (Å²) < 4.78 is 5.83. The molecule has 226 valence electrons. The summed E-state index contributed by atoms with van der Waals surface area (Å²) in [5.41, 5.74) is 1.78. The minimum atomic E-state index is -0.459. The summed E-state index contributed by atoms with van der Waals surface area (Å²) in [5, 5.41) is 10.2. The minimum absolute atomic E-state index is 0.121. The van der Waals surface area contributed by atoms with Crippen LogP contribution in [0.25, 0.3) is 6.08 Å². The van der Waals surface area contributed by atoms with Crippen molar-refractivity contribution in [2.75, 3.05) is 10.6 Å². The number of amides is 3. The number of hydrogen-bond donors (Lipinski definition) is 3. The normalized spacial score (nSPS) is 11.7. The summed E-state index contributed by atoms with van der Waals surface area (Å²) >= 11 is 2.87. The molecule has 0 saturated heterocycles. The Labute approximate surface area is 270 Å². The topological polar surface area (TPSA) is 96.5 Å². The fraction of sp³-hybridized carbons (Fsp3) is 0.0833. The van der Waals surface area contributed by atoms with E-state index in [1.54, 1.807) is 36.4 Å². The van der Waals surface area contributed by atoms with Crippen LogP contribution < -0.4 is 20.7 Å². The van der Waals surface area contributed by atoms with Crippen molar-refractivity contribution in [1.82, 2.24) is 5.32 Å². The maximum atomic E-state index is 13.4. The Kier molecular flexibility index (Phi) is 10.8. The number of benzene rings is 4. The number of thioether (sulfide) groups is 1. The molecular weight excluding hydrogens is 603 g/mol. The molecule has 0 fully saturated rings. The highest BCUT2D eigenvalue weighted by molar-refractivity contribution is 8.00. The van der Waals surface area contributed by atoms with Crippen molar-refractivity contribution in [1.29, 1.82) is 0 Å². The van der Waals surface area contributed by atoms with Gasteiger partial charge in [0.05, 0.1) is 5.25 Å². The summed E-state index contributed by atoms with van der Waals surface area (Å²) in [5.74, 6) is 0.445.